The van der Waals surface area contributed by atoms with Gasteiger partial charge in [0.15, 0.2) is 0 Å². The van der Waals surface area contributed by atoms with Crippen LogP contribution in [0.25, 0.3) is 44.1 Å². The lowest BCUT2D eigenvalue weighted by atomic mass is 9.98. The van der Waals surface area contributed by atoms with Crippen molar-refractivity contribution in [1.29, 1.82) is 0 Å². The van der Waals surface area contributed by atoms with Gasteiger partial charge in [-0.25, -0.2) is 0 Å². The van der Waals surface area contributed by atoms with Gasteiger partial charge in [-0.05, 0) is 24.6 Å². The molecular formula is C23H20N4O2. The molecular weight excluding hydrogens is 364 g/mol. The van der Waals surface area contributed by atoms with Crippen molar-refractivity contribution in [2.45, 2.75) is 6.92 Å². The molecule has 6 heteroatoms. The molecule has 0 fully saturated rings. The molecule has 0 saturated carbocycles. The highest BCUT2D eigenvalue weighted by molar-refractivity contribution is 6.05. The van der Waals surface area contributed by atoms with Crippen LogP contribution in [0.5, 0.6) is 0 Å². The summed E-state index contributed by atoms with van der Waals surface area (Å²) in [7, 11) is 3.98. The molecule has 144 valence electrons. The van der Waals surface area contributed by atoms with Crippen LogP contribution in [0.3, 0.4) is 0 Å². The lowest BCUT2D eigenvalue weighted by Crippen LogP contribution is -1.89. The minimum absolute atomic E-state index is 0.101. The largest absolute Gasteiger partial charge is 0.366 e. The van der Waals surface area contributed by atoms with Gasteiger partial charge in [-0.3, -0.25) is 10.1 Å². The number of aromatic amines is 1. The predicted octanol–water partition coefficient (Wildman–Crippen LogP) is 5.55. The summed E-state index contributed by atoms with van der Waals surface area (Å²) in [5, 5.41) is 13.4. The number of nitrogens with one attached hydrogen (secondary N) is 1. The maximum Gasteiger partial charge on any atom is 0.271 e. The van der Waals surface area contributed by atoms with Gasteiger partial charge in [0.1, 0.15) is 0 Å². The van der Waals surface area contributed by atoms with Gasteiger partial charge < -0.3 is 14.1 Å². The van der Waals surface area contributed by atoms with Crippen molar-refractivity contribution in [3.63, 3.8) is 0 Å². The Balaban J connectivity index is 1.74. The Kier molecular flexibility index (Phi) is 3.64. The molecule has 5 aromatic rings. The van der Waals surface area contributed by atoms with Crippen molar-refractivity contribution in [3.05, 3.63) is 76.9 Å². The fourth-order valence-electron chi connectivity index (χ4n) is 4.22. The molecule has 0 spiro atoms. The summed E-state index contributed by atoms with van der Waals surface area (Å²) < 4.78 is 4.10. The number of H-pyrrole nitrogens is 1. The lowest BCUT2D eigenvalue weighted by molar-refractivity contribution is -0.384. The molecule has 5 rings (SSSR count). The fraction of sp³-hybridized carbons (Fsp3) is 0.130. The molecule has 29 heavy (non-hydrogen) atoms. The highest BCUT2D eigenvalue weighted by Gasteiger charge is 2.19. The number of rotatable bonds is 3. The second-order valence-electron chi connectivity index (χ2n) is 7.57. The monoisotopic (exact) mass is 384 g/mol. The smallest absolute Gasteiger partial charge is 0.271 e. The molecule has 0 unspecified atom stereocenters. The second-order valence-corrected chi connectivity index (χ2v) is 7.57. The fourth-order valence-corrected chi connectivity index (χ4v) is 4.22. The van der Waals surface area contributed by atoms with Gasteiger partial charge in [0.2, 0.25) is 0 Å². The number of hydrogen-bond acceptors (Lipinski definition) is 2. The van der Waals surface area contributed by atoms with E-state index in [4.69, 9.17) is 0 Å². The maximum atomic E-state index is 11.2. The molecule has 0 amide bonds. The van der Waals surface area contributed by atoms with Crippen molar-refractivity contribution in [2.75, 3.05) is 0 Å². The molecule has 1 N–H and O–H groups in total. The molecule has 0 saturated heterocycles. The zero-order valence-electron chi connectivity index (χ0n) is 16.4. The Morgan fingerprint density at radius 2 is 1.38 bits per heavy atom. The molecule has 6 nitrogen and oxygen atoms in total. The minimum Gasteiger partial charge on any atom is -0.366 e. The maximum absolute atomic E-state index is 11.2. The van der Waals surface area contributed by atoms with Gasteiger partial charge in [0.25, 0.3) is 5.69 Å². The quantitative estimate of drug-likeness (QED) is 0.327. The van der Waals surface area contributed by atoms with Crippen molar-refractivity contribution in [2.24, 2.45) is 14.1 Å². The molecule has 0 aliphatic heterocycles. The number of nitrogens with zero attached hydrogens (tertiary/aromatic N) is 3. The molecule has 2 aromatic carbocycles. The van der Waals surface area contributed by atoms with Crippen LogP contribution in [-0.4, -0.2) is 19.0 Å². The molecule has 0 aliphatic carbocycles. The van der Waals surface area contributed by atoms with E-state index in [1.165, 1.54) is 16.5 Å². The van der Waals surface area contributed by atoms with Gasteiger partial charge in [0.05, 0.1) is 10.4 Å². The van der Waals surface area contributed by atoms with Gasteiger partial charge >= 0.3 is 0 Å². The Morgan fingerprint density at radius 1 is 0.828 bits per heavy atom. The van der Waals surface area contributed by atoms with Crippen LogP contribution in [0.4, 0.5) is 5.69 Å². The molecule has 3 aromatic heterocycles. The Bertz CT molecular complexity index is 1420. The molecule has 0 radical (unpaired) electrons. The Labute approximate surface area is 167 Å². The summed E-state index contributed by atoms with van der Waals surface area (Å²) in [5.74, 6) is 0. The number of aryl methyl sites for hydroxylation is 3. The summed E-state index contributed by atoms with van der Waals surface area (Å²) in [6, 6.07) is 11.5. The summed E-state index contributed by atoms with van der Waals surface area (Å²) in [6.07, 6.45) is 8.22. The van der Waals surface area contributed by atoms with Crippen LogP contribution in [0.15, 0.2) is 61.2 Å². The van der Waals surface area contributed by atoms with Gasteiger partial charge in [0, 0.05) is 89.6 Å². The first-order chi connectivity index (χ1) is 13.9. The second kappa shape index (κ2) is 6.10. The summed E-state index contributed by atoms with van der Waals surface area (Å²) in [6.45, 7) is 2.10. The first kappa shape index (κ1) is 17.3. The van der Waals surface area contributed by atoms with Gasteiger partial charge in [-0.1, -0.05) is 12.1 Å². The van der Waals surface area contributed by atoms with Crippen molar-refractivity contribution in [1.82, 2.24) is 14.1 Å². The van der Waals surface area contributed by atoms with Crippen LogP contribution in [0, 0.1) is 17.0 Å². The van der Waals surface area contributed by atoms with E-state index in [1.54, 1.807) is 12.1 Å². The number of benzene rings is 2. The van der Waals surface area contributed by atoms with Crippen LogP contribution in [0.2, 0.25) is 0 Å². The highest BCUT2D eigenvalue weighted by Crippen LogP contribution is 2.40. The first-order valence-corrected chi connectivity index (χ1v) is 9.40. The van der Waals surface area contributed by atoms with Crippen molar-refractivity contribution < 1.29 is 4.92 Å². The summed E-state index contributed by atoms with van der Waals surface area (Å²) in [5.41, 5.74) is 7.79. The highest BCUT2D eigenvalue weighted by atomic mass is 16.6. The van der Waals surface area contributed by atoms with E-state index in [0.29, 0.717) is 0 Å². The summed E-state index contributed by atoms with van der Waals surface area (Å²) in [4.78, 5) is 14.1. The Morgan fingerprint density at radius 3 is 1.97 bits per heavy atom. The van der Waals surface area contributed by atoms with E-state index in [2.05, 4.69) is 47.9 Å². The van der Waals surface area contributed by atoms with E-state index in [0.717, 1.165) is 33.2 Å². The van der Waals surface area contributed by atoms with E-state index >= 15 is 0 Å². The number of nitro benzene ring substituents is 1. The number of nitro groups is 1. The van der Waals surface area contributed by atoms with Gasteiger partial charge in [-0.2, -0.15) is 0 Å². The number of hydrogen-bond donors (Lipinski definition) is 1. The first-order valence-electron chi connectivity index (χ1n) is 9.40. The van der Waals surface area contributed by atoms with Crippen LogP contribution < -0.4 is 0 Å². The van der Waals surface area contributed by atoms with E-state index in [-0.39, 0.29) is 10.6 Å². The third-order valence-corrected chi connectivity index (χ3v) is 5.66. The van der Waals surface area contributed by atoms with E-state index in [9.17, 15) is 10.1 Å². The predicted molar refractivity (Wildman–Crippen MR) is 116 cm³/mol. The third kappa shape index (κ3) is 2.56. The standard InChI is InChI=1S/C23H20N4O2/c1-14-4-6-16-20(12-25(2)22(16)8-14)18-10-24-11-19(18)21-13-26(3)23-9-15(27(28)29)5-7-17(21)23/h4-13,24H,1-3H3. The van der Waals surface area contributed by atoms with Gasteiger partial charge in [-0.15, -0.1) is 0 Å². The molecule has 3 heterocycles. The van der Waals surface area contributed by atoms with Crippen LogP contribution >= 0.6 is 0 Å². The zero-order chi connectivity index (χ0) is 20.3. The average molecular weight is 384 g/mol. The number of fused-ring (bicyclic) bond motifs is 2. The number of non-ortho nitro benzene ring substituents is 1. The average Bonchev–Trinajstić information content (AvgIpc) is 3.38. The van der Waals surface area contributed by atoms with Crippen LogP contribution in [-0.2, 0) is 14.1 Å². The van der Waals surface area contributed by atoms with Crippen molar-refractivity contribution in [3.8, 4) is 22.3 Å². The van der Waals surface area contributed by atoms with Crippen LogP contribution in [0.1, 0.15) is 5.56 Å². The molecule has 0 bridgehead atoms. The molecule has 0 atom stereocenters. The third-order valence-electron chi connectivity index (χ3n) is 5.66. The normalized spacial score (nSPS) is 11.6. The SMILES string of the molecule is Cc1ccc2c(-c3c[nH]cc3-c3cn(C)c4cc([N+](=O)[O-])ccc34)cn(C)c2c1. The van der Waals surface area contributed by atoms with E-state index < -0.39 is 0 Å². The lowest BCUT2D eigenvalue weighted by Gasteiger charge is -2.03. The summed E-state index contributed by atoms with van der Waals surface area (Å²) >= 11 is 0. The topological polar surface area (TPSA) is 68.8 Å². The zero-order valence-corrected chi connectivity index (χ0v) is 16.4. The Hall–Kier alpha value is -3.80. The van der Waals surface area contributed by atoms with E-state index in [1.807, 2.05) is 36.3 Å². The number of aromatic nitrogens is 3. The molecule has 0 aliphatic rings. The van der Waals surface area contributed by atoms with Crippen molar-refractivity contribution >= 4 is 27.5 Å². The minimum atomic E-state index is -0.355.